The molecular weight excluding hydrogens is 276 g/mol. The molecule has 1 saturated heterocycles. The number of aliphatic hydroxyl groups is 1. The van der Waals surface area contributed by atoms with Crippen LogP contribution in [0.25, 0.3) is 0 Å². The van der Waals surface area contributed by atoms with Crippen LogP contribution in [0.5, 0.6) is 0 Å². The Morgan fingerprint density at radius 3 is 2.59 bits per heavy atom. The molecule has 122 valence electrons. The molecule has 0 radical (unpaired) electrons. The summed E-state index contributed by atoms with van der Waals surface area (Å²) >= 11 is 0. The Morgan fingerprint density at radius 1 is 1.18 bits per heavy atom. The second-order valence-electron chi connectivity index (χ2n) is 6.83. The fourth-order valence-corrected chi connectivity index (χ4v) is 3.80. The number of likely N-dealkylation sites (N-methyl/N-ethyl adjacent to an activating group) is 1. The number of anilines is 1. The Morgan fingerprint density at radius 2 is 1.86 bits per heavy atom. The number of benzene rings is 1. The fourth-order valence-electron chi connectivity index (χ4n) is 3.80. The smallest absolute Gasteiger partial charge is 0.0774 e. The molecule has 0 spiro atoms. The van der Waals surface area contributed by atoms with Crippen molar-refractivity contribution in [1.82, 2.24) is 4.90 Å². The zero-order valence-electron chi connectivity index (χ0n) is 13.6. The molecule has 2 fully saturated rings. The van der Waals surface area contributed by atoms with Gasteiger partial charge in [-0.3, -0.25) is 4.90 Å². The second kappa shape index (κ2) is 6.99. The van der Waals surface area contributed by atoms with E-state index in [0.29, 0.717) is 0 Å². The molecule has 0 amide bonds. The minimum atomic E-state index is -0.470. The zero-order valence-corrected chi connectivity index (χ0v) is 13.6. The largest absolute Gasteiger partial charge is 0.389 e. The van der Waals surface area contributed by atoms with Gasteiger partial charge in [0.2, 0.25) is 0 Å². The molecular formula is C18H28N2O2. The maximum atomic E-state index is 10.6. The normalized spacial score (nSPS) is 21.5. The quantitative estimate of drug-likeness (QED) is 0.905. The molecule has 0 bridgehead atoms. The average Bonchev–Trinajstić information content (AvgIpc) is 2.94. The van der Waals surface area contributed by atoms with Gasteiger partial charge < -0.3 is 14.7 Å². The molecule has 0 aromatic heterocycles. The molecule has 0 atom stereocenters. The summed E-state index contributed by atoms with van der Waals surface area (Å²) in [6.45, 7) is 5.20. The topological polar surface area (TPSA) is 35.9 Å². The first-order valence-corrected chi connectivity index (χ1v) is 8.48. The summed E-state index contributed by atoms with van der Waals surface area (Å²) in [5.74, 6) is 0. The summed E-state index contributed by atoms with van der Waals surface area (Å²) in [5.41, 5.74) is 2.19. The number of rotatable bonds is 5. The van der Waals surface area contributed by atoms with E-state index in [1.165, 1.54) is 11.3 Å². The first kappa shape index (κ1) is 15.8. The number of hydrogen-bond donors (Lipinski definition) is 1. The highest BCUT2D eigenvalue weighted by atomic mass is 16.5. The number of para-hydroxylation sites is 1. The third kappa shape index (κ3) is 3.80. The third-order valence-electron chi connectivity index (χ3n) is 4.88. The van der Waals surface area contributed by atoms with Crippen LogP contribution in [-0.4, -0.2) is 55.5 Å². The Kier molecular flexibility index (Phi) is 5.01. The summed E-state index contributed by atoms with van der Waals surface area (Å²) in [4.78, 5) is 4.68. The molecule has 22 heavy (non-hydrogen) atoms. The minimum Gasteiger partial charge on any atom is -0.389 e. The van der Waals surface area contributed by atoms with Crippen molar-refractivity contribution in [2.75, 3.05) is 44.8 Å². The van der Waals surface area contributed by atoms with Gasteiger partial charge in [0.25, 0.3) is 0 Å². The highest BCUT2D eigenvalue weighted by molar-refractivity contribution is 5.53. The summed E-state index contributed by atoms with van der Waals surface area (Å²) in [7, 11) is 2.12. The van der Waals surface area contributed by atoms with Crippen LogP contribution in [0, 0.1) is 0 Å². The van der Waals surface area contributed by atoms with E-state index in [0.717, 1.165) is 65.1 Å². The number of morpholine rings is 1. The standard InChI is InChI=1S/C18H28N2O2/c1-19(15-18(21)8-4-5-9-18)14-16-6-2-3-7-17(16)20-10-12-22-13-11-20/h2-3,6-7,21H,4-5,8-15H2,1H3. The summed E-state index contributed by atoms with van der Waals surface area (Å²) in [5, 5.41) is 10.6. The van der Waals surface area contributed by atoms with Crippen LogP contribution < -0.4 is 4.90 Å². The molecule has 1 aliphatic heterocycles. The van der Waals surface area contributed by atoms with Crippen LogP contribution in [0.15, 0.2) is 24.3 Å². The molecule has 1 aromatic rings. The molecule has 4 heteroatoms. The van der Waals surface area contributed by atoms with Crippen molar-refractivity contribution in [2.24, 2.45) is 0 Å². The molecule has 1 N–H and O–H groups in total. The van der Waals surface area contributed by atoms with E-state index >= 15 is 0 Å². The van der Waals surface area contributed by atoms with E-state index in [9.17, 15) is 5.11 Å². The van der Waals surface area contributed by atoms with Gasteiger partial charge in [-0.2, -0.15) is 0 Å². The summed E-state index contributed by atoms with van der Waals surface area (Å²) in [6, 6.07) is 8.63. The minimum absolute atomic E-state index is 0.470. The van der Waals surface area contributed by atoms with Gasteiger partial charge in [-0.15, -0.1) is 0 Å². The zero-order chi connectivity index (χ0) is 15.4. The van der Waals surface area contributed by atoms with Crippen LogP contribution in [0.1, 0.15) is 31.2 Å². The lowest BCUT2D eigenvalue weighted by atomic mass is 10.0. The van der Waals surface area contributed by atoms with Crippen molar-refractivity contribution in [2.45, 2.75) is 37.8 Å². The van der Waals surface area contributed by atoms with Crippen LogP contribution in [0.3, 0.4) is 0 Å². The van der Waals surface area contributed by atoms with Crippen LogP contribution in [0.2, 0.25) is 0 Å². The first-order valence-electron chi connectivity index (χ1n) is 8.48. The van der Waals surface area contributed by atoms with Gasteiger partial charge in [-0.25, -0.2) is 0 Å². The predicted molar refractivity (Wildman–Crippen MR) is 89.2 cm³/mol. The highest BCUT2D eigenvalue weighted by Crippen LogP contribution is 2.31. The van der Waals surface area contributed by atoms with Crippen molar-refractivity contribution in [3.05, 3.63) is 29.8 Å². The van der Waals surface area contributed by atoms with E-state index < -0.39 is 5.60 Å². The lowest BCUT2D eigenvalue weighted by molar-refractivity contribution is 0.0145. The van der Waals surface area contributed by atoms with Crippen LogP contribution in [0.4, 0.5) is 5.69 Å². The van der Waals surface area contributed by atoms with E-state index in [4.69, 9.17) is 4.74 Å². The van der Waals surface area contributed by atoms with Gasteiger partial charge in [0, 0.05) is 31.9 Å². The third-order valence-corrected chi connectivity index (χ3v) is 4.88. The van der Waals surface area contributed by atoms with E-state index in [2.05, 4.69) is 41.1 Å². The lowest BCUT2D eigenvalue weighted by Gasteiger charge is -2.33. The Bertz CT molecular complexity index is 480. The van der Waals surface area contributed by atoms with E-state index in [-0.39, 0.29) is 0 Å². The molecule has 0 unspecified atom stereocenters. The number of hydrogen-bond acceptors (Lipinski definition) is 4. The van der Waals surface area contributed by atoms with E-state index in [1.54, 1.807) is 0 Å². The lowest BCUT2D eigenvalue weighted by Crippen LogP contribution is -2.40. The van der Waals surface area contributed by atoms with Gasteiger partial charge in [0.15, 0.2) is 0 Å². The van der Waals surface area contributed by atoms with Crippen molar-refractivity contribution in [1.29, 1.82) is 0 Å². The van der Waals surface area contributed by atoms with Crippen LogP contribution in [-0.2, 0) is 11.3 Å². The van der Waals surface area contributed by atoms with Gasteiger partial charge in [-0.1, -0.05) is 31.0 Å². The molecule has 1 heterocycles. The first-order chi connectivity index (χ1) is 10.7. The van der Waals surface area contributed by atoms with Crippen molar-refractivity contribution >= 4 is 5.69 Å². The molecule has 2 aliphatic rings. The van der Waals surface area contributed by atoms with E-state index in [1.807, 2.05) is 0 Å². The monoisotopic (exact) mass is 304 g/mol. The summed E-state index contributed by atoms with van der Waals surface area (Å²) < 4.78 is 5.46. The molecule has 1 saturated carbocycles. The number of ether oxygens (including phenoxy) is 1. The number of nitrogens with zero attached hydrogens (tertiary/aromatic N) is 2. The van der Waals surface area contributed by atoms with Gasteiger partial charge in [0.1, 0.15) is 0 Å². The Hall–Kier alpha value is -1.10. The average molecular weight is 304 g/mol. The molecule has 1 aliphatic carbocycles. The van der Waals surface area contributed by atoms with Crippen molar-refractivity contribution in [3.8, 4) is 0 Å². The molecule has 4 nitrogen and oxygen atoms in total. The highest BCUT2D eigenvalue weighted by Gasteiger charge is 2.32. The van der Waals surface area contributed by atoms with Crippen molar-refractivity contribution in [3.63, 3.8) is 0 Å². The summed E-state index contributed by atoms with van der Waals surface area (Å²) in [6.07, 6.45) is 4.22. The van der Waals surface area contributed by atoms with Crippen LogP contribution >= 0.6 is 0 Å². The van der Waals surface area contributed by atoms with Gasteiger partial charge in [0.05, 0.1) is 18.8 Å². The maximum Gasteiger partial charge on any atom is 0.0774 e. The molecule has 1 aromatic carbocycles. The fraction of sp³-hybridized carbons (Fsp3) is 0.667. The maximum absolute atomic E-state index is 10.6. The van der Waals surface area contributed by atoms with Crippen molar-refractivity contribution < 1.29 is 9.84 Å². The van der Waals surface area contributed by atoms with Gasteiger partial charge in [-0.05, 0) is 31.5 Å². The Balaban J connectivity index is 1.66. The van der Waals surface area contributed by atoms with Gasteiger partial charge >= 0.3 is 0 Å². The predicted octanol–water partition coefficient (Wildman–Crippen LogP) is 2.26. The second-order valence-corrected chi connectivity index (χ2v) is 6.83. The molecule has 3 rings (SSSR count). The SMILES string of the molecule is CN(Cc1ccccc1N1CCOCC1)CC1(O)CCCC1. The Labute approximate surface area is 133 Å².